The van der Waals surface area contributed by atoms with Crippen LogP contribution >= 0.6 is 0 Å². The fourth-order valence-electron chi connectivity index (χ4n) is 2.83. The van der Waals surface area contributed by atoms with Gasteiger partial charge in [0.25, 0.3) is 0 Å². The topological polar surface area (TPSA) is 24.5 Å². The Morgan fingerprint density at radius 2 is 2.18 bits per heavy atom. The Bertz CT molecular complexity index is 354. The molecule has 0 amide bonds. The van der Waals surface area contributed by atoms with Gasteiger partial charge in [-0.2, -0.15) is 0 Å². The van der Waals surface area contributed by atoms with Gasteiger partial charge >= 0.3 is 0 Å². The van der Waals surface area contributed by atoms with Crippen molar-refractivity contribution in [1.29, 1.82) is 0 Å². The van der Waals surface area contributed by atoms with Gasteiger partial charge in [0.2, 0.25) is 0 Å². The molecule has 3 rings (SSSR count). The second-order valence-corrected chi connectivity index (χ2v) is 4.98. The second kappa shape index (κ2) is 5.17. The standard InChI is InChI=1S/C14H20N2O/c1-2-4-12(5-3-1)10-16-8-6-14-13(11-16)15-7-9-17-14/h1-5,13-15H,6-11H2/t13-,14-/m0/s1. The Morgan fingerprint density at radius 3 is 3.06 bits per heavy atom. The van der Waals surface area contributed by atoms with Crippen molar-refractivity contribution in [3.63, 3.8) is 0 Å². The van der Waals surface area contributed by atoms with Crippen LogP contribution in [0.3, 0.4) is 0 Å². The van der Waals surface area contributed by atoms with Crippen molar-refractivity contribution < 1.29 is 4.74 Å². The zero-order chi connectivity index (χ0) is 11.5. The number of likely N-dealkylation sites (tertiary alicyclic amines) is 1. The minimum Gasteiger partial charge on any atom is -0.375 e. The minimum atomic E-state index is 0.441. The lowest BCUT2D eigenvalue weighted by atomic mass is 10.00. The summed E-state index contributed by atoms with van der Waals surface area (Å²) in [5.41, 5.74) is 1.41. The first kappa shape index (κ1) is 11.2. The van der Waals surface area contributed by atoms with Gasteiger partial charge in [0.1, 0.15) is 0 Å². The van der Waals surface area contributed by atoms with Crippen LogP contribution in [0.5, 0.6) is 0 Å². The van der Waals surface area contributed by atoms with Gasteiger partial charge in [-0.3, -0.25) is 4.90 Å². The van der Waals surface area contributed by atoms with Crippen LogP contribution in [0.1, 0.15) is 12.0 Å². The molecule has 2 heterocycles. The molecular weight excluding hydrogens is 212 g/mol. The molecule has 3 heteroatoms. The van der Waals surface area contributed by atoms with Crippen LogP contribution in [-0.2, 0) is 11.3 Å². The molecule has 2 aliphatic rings. The Balaban J connectivity index is 1.59. The normalized spacial score (nSPS) is 29.9. The van der Waals surface area contributed by atoms with Crippen molar-refractivity contribution >= 4 is 0 Å². The van der Waals surface area contributed by atoms with Gasteiger partial charge in [-0.1, -0.05) is 30.3 Å². The molecule has 92 valence electrons. The molecule has 3 nitrogen and oxygen atoms in total. The van der Waals surface area contributed by atoms with Crippen molar-refractivity contribution in [1.82, 2.24) is 10.2 Å². The number of rotatable bonds is 2. The molecule has 1 N–H and O–H groups in total. The number of hydrogen-bond donors (Lipinski definition) is 1. The predicted molar refractivity (Wildman–Crippen MR) is 67.9 cm³/mol. The van der Waals surface area contributed by atoms with E-state index in [2.05, 4.69) is 40.5 Å². The van der Waals surface area contributed by atoms with Gasteiger partial charge in [0.15, 0.2) is 0 Å². The SMILES string of the molecule is c1ccc(CN2CC[C@@H]3OCCN[C@H]3C2)cc1. The first-order chi connectivity index (χ1) is 8.42. The van der Waals surface area contributed by atoms with E-state index in [0.29, 0.717) is 12.1 Å². The van der Waals surface area contributed by atoms with Crippen LogP contribution in [0, 0.1) is 0 Å². The molecule has 2 aliphatic heterocycles. The molecule has 2 fully saturated rings. The highest BCUT2D eigenvalue weighted by molar-refractivity contribution is 5.14. The maximum atomic E-state index is 5.79. The summed E-state index contributed by atoms with van der Waals surface area (Å²) in [7, 11) is 0. The minimum absolute atomic E-state index is 0.441. The largest absolute Gasteiger partial charge is 0.375 e. The first-order valence-corrected chi connectivity index (χ1v) is 6.53. The number of hydrogen-bond acceptors (Lipinski definition) is 3. The molecule has 0 unspecified atom stereocenters. The van der Waals surface area contributed by atoms with Crippen LogP contribution in [0.25, 0.3) is 0 Å². The molecule has 0 spiro atoms. The fraction of sp³-hybridized carbons (Fsp3) is 0.571. The summed E-state index contributed by atoms with van der Waals surface area (Å²) in [4.78, 5) is 2.53. The van der Waals surface area contributed by atoms with Crippen molar-refractivity contribution in [2.45, 2.75) is 25.1 Å². The van der Waals surface area contributed by atoms with Crippen molar-refractivity contribution in [2.75, 3.05) is 26.2 Å². The molecule has 0 saturated carbocycles. The molecule has 1 aromatic rings. The highest BCUT2D eigenvalue weighted by Gasteiger charge is 2.31. The van der Waals surface area contributed by atoms with Gasteiger partial charge in [0.05, 0.1) is 12.7 Å². The zero-order valence-corrected chi connectivity index (χ0v) is 10.1. The van der Waals surface area contributed by atoms with Crippen molar-refractivity contribution in [3.05, 3.63) is 35.9 Å². The predicted octanol–water partition coefficient (Wildman–Crippen LogP) is 1.25. The quantitative estimate of drug-likeness (QED) is 0.830. The van der Waals surface area contributed by atoms with Crippen molar-refractivity contribution in [2.24, 2.45) is 0 Å². The summed E-state index contributed by atoms with van der Waals surface area (Å²) < 4.78 is 5.79. The number of fused-ring (bicyclic) bond motifs is 1. The van der Waals surface area contributed by atoms with E-state index in [4.69, 9.17) is 4.74 Å². The van der Waals surface area contributed by atoms with E-state index in [0.717, 1.165) is 39.2 Å². The van der Waals surface area contributed by atoms with Gasteiger partial charge in [-0.05, 0) is 12.0 Å². The van der Waals surface area contributed by atoms with Crippen LogP contribution in [0.4, 0.5) is 0 Å². The fourth-order valence-corrected chi connectivity index (χ4v) is 2.83. The third kappa shape index (κ3) is 2.68. The summed E-state index contributed by atoms with van der Waals surface area (Å²) in [6.45, 7) is 5.20. The third-order valence-electron chi connectivity index (χ3n) is 3.72. The molecule has 0 aromatic heterocycles. The van der Waals surface area contributed by atoms with Crippen LogP contribution in [0.15, 0.2) is 30.3 Å². The van der Waals surface area contributed by atoms with Crippen LogP contribution < -0.4 is 5.32 Å². The number of ether oxygens (including phenoxy) is 1. The Labute approximate surface area is 103 Å². The van der Waals surface area contributed by atoms with E-state index in [9.17, 15) is 0 Å². The molecule has 0 radical (unpaired) electrons. The van der Waals surface area contributed by atoms with Crippen LogP contribution in [0.2, 0.25) is 0 Å². The molecule has 2 atom stereocenters. The maximum Gasteiger partial charge on any atom is 0.0753 e. The first-order valence-electron chi connectivity index (χ1n) is 6.53. The summed E-state index contributed by atoms with van der Waals surface area (Å²) in [5, 5.41) is 3.57. The van der Waals surface area contributed by atoms with E-state index in [1.54, 1.807) is 0 Å². The second-order valence-electron chi connectivity index (χ2n) is 4.98. The highest BCUT2D eigenvalue weighted by Crippen LogP contribution is 2.18. The van der Waals surface area contributed by atoms with E-state index < -0.39 is 0 Å². The molecular formula is C14H20N2O. The molecule has 0 bridgehead atoms. The van der Waals surface area contributed by atoms with E-state index in [-0.39, 0.29) is 0 Å². The van der Waals surface area contributed by atoms with Gasteiger partial charge in [0, 0.05) is 32.2 Å². The van der Waals surface area contributed by atoms with E-state index in [1.807, 2.05) is 0 Å². The zero-order valence-electron chi connectivity index (χ0n) is 10.1. The average Bonchev–Trinajstić information content (AvgIpc) is 2.40. The lowest BCUT2D eigenvalue weighted by molar-refractivity contribution is -0.0443. The molecule has 17 heavy (non-hydrogen) atoms. The number of nitrogens with one attached hydrogen (secondary N) is 1. The Kier molecular flexibility index (Phi) is 3.41. The molecule has 0 aliphatic carbocycles. The number of benzene rings is 1. The molecule has 1 aromatic carbocycles. The monoisotopic (exact) mass is 232 g/mol. The Morgan fingerprint density at radius 1 is 1.29 bits per heavy atom. The summed E-state index contributed by atoms with van der Waals surface area (Å²) >= 11 is 0. The number of morpholine rings is 1. The lowest BCUT2D eigenvalue weighted by Crippen LogP contribution is -2.58. The highest BCUT2D eigenvalue weighted by atomic mass is 16.5. The summed E-state index contributed by atoms with van der Waals surface area (Å²) in [6, 6.07) is 11.2. The smallest absolute Gasteiger partial charge is 0.0753 e. The van der Waals surface area contributed by atoms with Gasteiger partial charge in [-0.15, -0.1) is 0 Å². The van der Waals surface area contributed by atoms with Gasteiger partial charge in [-0.25, -0.2) is 0 Å². The Hall–Kier alpha value is -0.900. The lowest BCUT2D eigenvalue weighted by Gasteiger charge is -2.41. The number of nitrogens with zero attached hydrogens (tertiary/aromatic N) is 1. The number of piperidine rings is 1. The van der Waals surface area contributed by atoms with Crippen molar-refractivity contribution in [3.8, 4) is 0 Å². The summed E-state index contributed by atoms with van der Waals surface area (Å²) in [5.74, 6) is 0. The van der Waals surface area contributed by atoms with Crippen LogP contribution in [-0.4, -0.2) is 43.3 Å². The molecule has 2 saturated heterocycles. The summed E-state index contributed by atoms with van der Waals surface area (Å²) in [6.07, 6.45) is 1.60. The van der Waals surface area contributed by atoms with Gasteiger partial charge < -0.3 is 10.1 Å². The maximum absolute atomic E-state index is 5.79. The van der Waals surface area contributed by atoms with E-state index in [1.165, 1.54) is 5.56 Å². The average molecular weight is 232 g/mol. The third-order valence-corrected chi connectivity index (χ3v) is 3.72. The van der Waals surface area contributed by atoms with E-state index >= 15 is 0 Å².